The fraction of sp³-hybridized carbons (Fsp3) is 0.0667. The summed E-state index contributed by atoms with van der Waals surface area (Å²) in [4.78, 5) is 0. The van der Waals surface area contributed by atoms with Crippen LogP contribution in [-0.4, -0.2) is 10.2 Å². The first-order valence-corrected chi connectivity index (χ1v) is 11.7. The van der Waals surface area contributed by atoms with Crippen molar-refractivity contribution in [2.45, 2.75) is 12.8 Å². The van der Waals surface area contributed by atoms with Crippen LogP contribution in [-0.2, 0) is 12.8 Å². The average molecular weight is 487 g/mol. The van der Waals surface area contributed by atoms with Gasteiger partial charge in [0.05, 0.1) is 10.0 Å². The number of aromatic hydroxyl groups is 2. The summed E-state index contributed by atoms with van der Waals surface area (Å²) >= 11 is 12.7. The van der Waals surface area contributed by atoms with E-state index in [1.807, 2.05) is 84.9 Å². The SMILES string of the molecule is Oc1c(Cl)cc(-c2cc(CC=Cc3ccccc3)cc(Cl)c2O)cc1CC=Cc1ccccc1. The molecular weight excluding hydrogens is 463 g/mol. The van der Waals surface area contributed by atoms with E-state index in [1.54, 1.807) is 12.1 Å². The zero-order chi connectivity index (χ0) is 23.9. The standard InChI is InChI=1S/C30H24Cl2O2/c31-27-18-23(15-7-13-21-9-3-1-4-10-21)17-26(30(27)34)25-19-24(29(33)28(32)20-25)16-8-14-22-11-5-2-6-12-22/h1-14,17-20,33-34H,15-16H2. The van der Waals surface area contributed by atoms with Gasteiger partial charge >= 0.3 is 0 Å². The molecule has 0 saturated carbocycles. The molecule has 34 heavy (non-hydrogen) atoms. The predicted octanol–water partition coefficient (Wildman–Crippen LogP) is 8.58. The minimum Gasteiger partial charge on any atom is -0.506 e. The largest absolute Gasteiger partial charge is 0.506 e. The lowest BCUT2D eigenvalue weighted by molar-refractivity contribution is 0.469. The quantitative estimate of drug-likeness (QED) is 0.274. The molecule has 2 nitrogen and oxygen atoms in total. The van der Waals surface area contributed by atoms with Crippen molar-refractivity contribution in [2.75, 3.05) is 0 Å². The summed E-state index contributed by atoms with van der Waals surface area (Å²) in [5, 5.41) is 21.7. The monoisotopic (exact) mass is 486 g/mol. The minimum atomic E-state index is -0.00927. The van der Waals surface area contributed by atoms with E-state index < -0.39 is 0 Å². The maximum absolute atomic E-state index is 10.7. The zero-order valence-corrected chi connectivity index (χ0v) is 20.0. The Kier molecular flexibility index (Phi) is 7.74. The maximum Gasteiger partial charge on any atom is 0.142 e. The highest BCUT2D eigenvalue weighted by Gasteiger charge is 2.14. The number of phenols is 2. The van der Waals surface area contributed by atoms with Crippen molar-refractivity contribution < 1.29 is 10.2 Å². The Labute approximate surface area is 210 Å². The Hall–Kier alpha value is -3.46. The van der Waals surface area contributed by atoms with E-state index >= 15 is 0 Å². The minimum absolute atomic E-state index is 0.00927. The van der Waals surface area contributed by atoms with Gasteiger partial charge in [0.25, 0.3) is 0 Å². The van der Waals surface area contributed by atoms with E-state index in [1.165, 1.54) is 0 Å². The molecule has 0 saturated heterocycles. The van der Waals surface area contributed by atoms with Crippen LogP contribution in [0.5, 0.6) is 11.5 Å². The zero-order valence-electron chi connectivity index (χ0n) is 18.5. The van der Waals surface area contributed by atoms with E-state index in [0.717, 1.165) is 16.7 Å². The van der Waals surface area contributed by atoms with Gasteiger partial charge in [0.2, 0.25) is 0 Å². The molecule has 0 fully saturated rings. The number of halogens is 2. The predicted molar refractivity (Wildman–Crippen MR) is 144 cm³/mol. The van der Waals surface area contributed by atoms with Gasteiger partial charge in [-0.15, -0.1) is 0 Å². The number of phenolic OH excluding ortho intramolecular Hbond substituents is 2. The molecule has 4 aromatic rings. The van der Waals surface area contributed by atoms with Crippen molar-refractivity contribution >= 4 is 35.4 Å². The first kappa shape index (κ1) is 23.7. The van der Waals surface area contributed by atoms with Gasteiger partial charge in [-0.25, -0.2) is 0 Å². The van der Waals surface area contributed by atoms with Crippen molar-refractivity contribution in [3.05, 3.63) is 129 Å². The van der Waals surface area contributed by atoms with Crippen LogP contribution in [0.2, 0.25) is 10.0 Å². The summed E-state index contributed by atoms with van der Waals surface area (Å²) in [6.45, 7) is 0. The number of rotatable bonds is 7. The van der Waals surface area contributed by atoms with Crippen LogP contribution < -0.4 is 0 Å². The van der Waals surface area contributed by atoms with Crippen LogP contribution in [0.15, 0.2) is 97.1 Å². The van der Waals surface area contributed by atoms with E-state index in [4.69, 9.17) is 23.2 Å². The van der Waals surface area contributed by atoms with Gasteiger partial charge in [0.1, 0.15) is 11.5 Å². The molecule has 0 atom stereocenters. The van der Waals surface area contributed by atoms with Crippen LogP contribution in [0.3, 0.4) is 0 Å². The Morgan fingerprint density at radius 2 is 1.18 bits per heavy atom. The molecule has 170 valence electrons. The van der Waals surface area contributed by atoms with Crippen LogP contribution >= 0.6 is 23.2 Å². The van der Waals surface area contributed by atoms with Gasteiger partial charge < -0.3 is 10.2 Å². The Morgan fingerprint density at radius 3 is 1.79 bits per heavy atom. The van der Waals surface area contributed by atoms with Crippen LogP contribution in [0.25, 0.3) is 23.3 Å². The molecule has 0 bridgehead atoms. The second kappa shape index (κ2) is 11.1. The highest BCUT2D eigenvalue weighted by Crippen LogP contribution is 2.40. The molecule has 0 unspecified atom stereocenters. The fourth-order valence-electron chi connectivity index (χ4n) is 3.74. The summed E-state index contributed by atoms with van der Waals surface area (Å²) < 4.78 is 0. The van der Waals surface area contributed by atoms with Gasteiger partial charge in [-0.05, 0) is 64.9 Å². The number of hydrogen-bond donors (Lipinski definition) is 2. The van der Waals surface area contributed by atoms with Crippen molar-refractivity contribution in [3.63, 3.8) is 0 Å². The smallest absolute Gasteiger partial charge is 0.142 e. The Bertz CT molecular complexity index is 1330. The Morgan fingerprint density at radius 1 is 0.618 bits per heavy atom. The van der Waals surface area contributed by atoms with Crippen LogP contribution in [0.4, 0.5) is 0 Å². The van der Waals surface area contributed by atoms with Gasteiger partial charge in [-0.1, -0.05) is 108 Å². The van der Waals surface area contributed by atoms with E-state index in [9.17, 15) is 10.2 Å². The maximum atomic E-state index is 10.7. The lowest BCUT2D eigenvalue weighted by Gasteiger charge is -2.13. The summed E-state index contributed by atoms with van der Waals surface area (Å²) in [7, 11) is 0. The molecule has 0 aliphatic rings. The summed E-state index contributed by atoms with van der Waals surface area (Å²) in [5.74, 6) is 0.0284. The average Bonchev–Trinajstić information content (AvgIpc) is 2.85. The molecule has 0 aliphatic carbocycles. The molecule has 4 heteroatoms. The summed E-state index contributed by atoms with van der Waals surface area (Å²) in [6, 6.07) is 27.2. The Balaban J connectivity index is 1.61. The lowest BCUT2D eigenvalue weighted by atomic mass is 9.97. The van der Waals surface area contributed by atoms with Crippen molar-refractivity contribution in [1.29, 1.82) is 0 Å². The third-order valence-electron chi connectivity index (χ3n) is 5.49. The summed E-state index contributed by atoms with van der Waals surface area (Å²) in [6.07, 6.45) is 9.22. The van der Waals surface area contributed by atoms with Crippen molar-refractivity contribution in [1.82, 2.24) is 0 Å². The molecule has 4 rings (SSSR count). The highest BCUT2D eigenvalue weighted by molar-refractivity contribution is 6.33. The molecular formula is C30H24Cl2O2. The first-order chi connectivity index (χ1) is 16.5. The third kappa shape index (κ3) is 5.91. The van der Waals surface area contributed by atoms with Gasteiger partial charge in [-0.3, -0.25) is 0 Å². The van der Waals surface area contributed by atoms with Gasteiger partial charge in [0.15, 0.2) is 0 Å². The van der Waals surface area contributed by atoms with E-state index in [2.05, 4.69) is 12.2 Å². The van der Waals surface area contributed by atoms with Gasteiger partial charge in [0, 0.05) is 5.56 Å². The molecule has 0 spiro atoms. The van der Waals surface area contributed by atoms with Crippen molar-refractivity contribution in [2.24, 2.45) is 0 Å². The number of allylic oxidation sites excluding steroid dienone is 2. The normalized spacial score (nSPS) is 11.5. The second-order valence-electron chi connectivity index (χ2n) is 7.97. The topological polar surface area (TPSA) is 40.5 Å². The molecule has 0 radical (unpaired) electrons. The molecule has 2 N–H and O–H groups in total. The van der Waals surface area contributed by atoms with Crippen molar-refractivity contribution in [3.8, 4) is 22.6 Å². The summed E-state index contributed by atoms with van der Waals surface area (Å²) in [5.41, 5.74) is 5.08. The fourth-order valence-corrected chi connectivity index (χ4v) is 4.22. The van der Waals surface area contributed by atoms with E-state index in [0.29, 0.717) is 29.5 Å². The van der Waals surface area contributed by atoms with Crippen LogP contribution in [0, 0.1) is 0 Å². The molecule has 4 aromatic carbocycles. The molecule has 0 heterocycles. The molecule has 0 aromatic heterocycles. The number of benzene rings is 4. The molecule has 0 aliphatic heterocycles. The highest BCUT2D eigenvalue weighted by atomic mass is 35.5. The number of hydrogen-bond acceptors (Lipinski definition) is 2. The lowest BCUT2D eigenvalue weighted by Crippen LogP contribution is -1.90. The van der Waals surface area contributed by atoms with E-state index in [-0.39, 0.29) is 21.5 Å². The second-order valence-corrected chi connectivity index (χ2v) is 8.79. The van der Waals surface area contributed by atoms with Gasteiger partial charge in [-0.2, -0.15) is 0 Å². The first-order valence-electron chi connectivity index (χ1n) is 11.0. The third-order valence-corrected chi connectivity index (χ3v) is 6.06. The molecule has 0 amide bonds. The van der Waals surface area contributed by atoms with Crippen LogP contribution in [0.1, 0.15) is 22.3 Å².